The largest absolute Gasteiger partial charge is 0.489 e. The molecule has 0 radical (unpaired) electrons. The summed E-state index contributed by atoms with van der Waals surface area (Å²) >= 11 is 17.0. The number of rotatable bonds is 5. The van der Waals surface area contributed by atoms with E-state index in [0.717, 1.165) is 0 Å². The number of nitrogens with zero attached hydrogens (tertiary/aromatic N) is 2. The van der Waals surface area contributed by atoms with Crippen molar-refractivity contribution in [2.75, 3.05) is 6.61 Å². The number of ether oxygens (including phenoxy) is 1. The highest BCUT2D eigenvalue weighted by Gasteiger charge is 2.16. The number of H-pyrrole nitrogens is 2. The molecule has 1 aromatic carbocycles. The number of aromatic nitrogens is 4. The lowest BCUT2D eigenvalue weighted by Crippen LogP contribution is -2.30. The lowest BCUT2D eigenvalue weighted by atomic mass is 10.3. The summed E-state index contributed by atoms with van der Waals surface area (Å²) < 4.78 is 8.34. The molecule has 0 amide bonds. The molecular formula is C15H14Cl2N4O4S. The van der Waals surface area contributed by atoms with Crippen LogP contribution < -0.4 is 16.0 Å². The first-order chi connectivity index (χ1) is 12.3. The van der Waals surface area contributed by atoms with Gasteiger partial charge in [0.25, 0.3) is 5.56 Å². The molecule has 1 atom stereocenters. The summed E-state index contributed by atoms with van der Waals surface area (Å²) in [6.07, 6.45) is -0.982. The molecule has 2 heterocycles. The normalized spacial score (nSPS) is 12.5. The number of imidazole rings is 1. The van der Waals surface area contributed by atoms with Crippen LogP contribution in [0.3, 0.4) is 0 Å². The zero-order valence-electron chi connectivity index (χ0n) is 13.5. The highest BCUT2D eigenvalue weighted by Crippen LogP contribution is 2.27. The third-order valence-electron chi connectivity index (χ3n) is 3.76. The molecule has 0 fully saturated rings. The standard InChI is InChI=1S/C15H14Cl2N4O4S/c1-20-12-11(13(23)19-14(20)24)21(15(26)18-12)5-8(22)6-25-10-3-2-7(16)4-9(10)17/h2-4,8,22H,5-6H2,1H3,(H,18,26)(H,19,23,24)/t8-/m0/s1. The zero-order valence-corrected chi connectivity index (χ0v) is 15.8. The van der Waals surface area contributed by atoms with E-state index in [1.165, 1.54) is 22.2 Å². The number of fused-ring (bicyclic) bond motifs is 1. The topological polar surface area (TPSA) is 105 Å². The van der Waals surface area contributed by atoms with Crippen LogP contribution in [0.15, 0.2) is 27.8 Å². The van der Waals surface area contributed by atoms with Crippen LogP contribution in [0, 0.1) is 4.77 Å². The van der Waals surface area contributed by atoms with Crippen molar-refractivity contribution < 1.29 is 9.84 Å². The SMILES string of the molecule is Cn1c(=O)[nH]c(=O)c2c1[nH]c(=S)n2C[C@H](O)COc1ccc(Cl)cc1Cl. The molecular weight excluding hydrogens is 403 g/mol. The first-order valence-corrected chi connectivity index (χ1v) is 8.62. The van der Waals surface area contributed by atoms with Crippen molar-refractivity contribution in [2.45, 2.75) is 12.6 Å². The molecule has 0 aliphatic heterocycles. The van der Waals surface area contributed by atoms with Crippen LogP contribution in [0.25, 0.3) is 11.2 Å². The van der Waals surface area contributed by atoms with Gasteiger partial charge in [0.05, 0.1) is 11.6 Å². The van der Waals surface area contributed by atoms with Crippen molar-refractivity contribution >= 4 is 46.6 Å². The molecule has 0 aliphatic carbocycles. The summed E-state index contributed by atoms with van der Waals surface area (Å²) in [6, 6.07) is 4.74. The number of hydrogen-bond donors (Lipinski definition) is 3. The zero-order chi connectivity index (χ0) is 19.0. The van der Waals surface area contributed by atoms with Gasteiger partial charge in [-0.15, -0.1) is 0 Å². The van der Waals surface area contributed by atoms with E-state index < -0.39 is 17.4 Å². The van der Waals surface area contributed by atoms with Gasteiger partial charge in [-0.1, -0.05) is 23.2 Å². The maximum atomic E-state index is 12.1. The number of aliphatic hydroxyl groups excluding tert-OH is 1. The van der Waals surface area contributed by atoms with E-state index in [9.17, 15) is 14.7 Å². The van der Waals surface area contributed by atoms with Gasteiger partial charge in [-0.3, -0.25) is 14.3 Å². The number of halogens is 2. The molecule has 3 rings (SSSR count). The van der Waals surface area contributed by atoms with Gasteiger partial charge < -0.3 is 19.4 Å². The van der Waals surface area contributed by atoms with Crippen molar-refractivity contribution in [3.05, 3.63) is 53.9 Å². The molecule has 0 saturated heterocycles. The molecule has 3 N–H and O–H groups in total. The molecule has 26 heavy (non-hydrogen) atoms. The third kappa shape index (κ3) is 3.56. The molecule has 0 aliphatic rings. The van der Waals surface area contributed by atoms with E-state index in [0.29, 0.717) is 15.8 Å². The third-order valence-corrected chi connectivity index (χ3v) is 4.61. The van der Waals surface area contributed by atoms with Crippen LogP contribution in [0.1, 0.15) is 0 Å². The van der Waals surface area contributed by atoms with E-state index in [-0.39, 0.29) is 29.1 Å². The van der Waals surface area contributed by atoms with E-state index in [1.54, 1.807) is 12.1 Å². The molecule has 0 bridgehead atoms. The van der Waals surface area contributed by atoms with Gasteiger partial charge >= 0.3 is 5.69 Å². The Morgan fingerprint density at radius 3 is 2.73 bits per heavy atom. The van der Waals surface area contributed by atoms with Crippen molar-refractivity contribution in [3.63, 3.8) is 0 Å². The number of aryl methyl sites for hydroxylation is 1. The summed E-state index contributed by atoms with van der Waals surface area (Å²) in [6.45, 7) is -0.0925. The fourth-order valence-electron chi connectivity index (χ4n) is 2.49. The fourth-order valence-corrected chi connectivity index (χ4v) is 3.21. The van der Waals surface area contributed by atoms with Gasteiger partial charge in [0.15, 0.2) is 10.3 Å². The second kappa shape index (κ2) is 7.28. The predicted molar refractivity (Wildman–Crippen MR) is 101 cm³/mol. The lowest BCUT2D eigenvalue weighted by molar-refractivity contribution is 0.0931. The van der Waals surface area contributed by atoms with Crippen LogP contribution in [-0.2, 0) is 13.6 Å². The Morgan fingerprint density at radius 1 is 1.31 bits per heavy atom. The monoisotopic (exact) mass is 416 g/mol. The molecule has 0 spiro atoms. The Bertz CT molecular complexity index is 1150. The van der Waals surface area contributed by atoms with Gasteiger partial charge in [-0.25, -0.2) is 4.79 Å². The molecule has 8 nitrogen and oxygen atoms in total. The quantitative estimate of drug-likeness (QED) is 0.550. The van der Waals surface area contributed by atoms with Crippen LogP contribution >= 0.6 is 35.4 Å². The van der Waals surface area contributed by atoms with Crippen LogP contribution in [0.4, 0.5) is 0 Å². The van der Waals surface area contributed by atoms with Gasteiger partial charge in [-0.05, 0) is 30.4 Å². The van der Waals surface area contributed by atoms with E-state index in [2.05, 4.69) is 9.97 Å². The minimum absolute atomic E-state index is 0.00861. The Kier molecular flexibility index (Phi) is 5.24. The predicted octanol–water partition coefficient (Wildman–Crippen LogP) is 1.83. The van der Waals surface area contributed by atoms with Gasteiger partial charge in [0.2, 0.25) is 0 Å². The Labute approximate surface area is 161 Å². The van der Waals surface area contributed by atoms with Crippen molar-refractivity contribution in [1.82, 2.24) is 19.1 Å². The molecule has 138 valence electrons. The molecule has 0 saturated carbocycles. The molecule has 2 aromatic heterocycles. The Balaban J connectivity index is 1.84. The minimum Gasteiger partial charge on any atom is -0.489 e. The second-order valence-electron chi connectivity index (χ2n) is 5.60. The van der Waals surface area contributed by atoms with Crippen molar-refractivity contribution in [3.8, 4) is 5.75 Å². The first-order valence-electron chi connectivity index (χ1n) is 7.45. The Hall–Kier alpha value is -2.07. The van der Waals surface area contributed by atoms with Crippen molar-refractivity contribution in [2.24, 2.45) is 7.05 Å². The van der Waals surface area contributed by atoms with Crippen LogP contribution in [-0.4, -0.2) is 36.9 Å². The summed E-state index contributed by atoms with van der Waals surface area (Å²) in [7, 11) is 1.50. The summed E-state index contributed by atoms with van der Waals surface area (Å²) in [5.41, 5.74) is -0.713. The maximum absolute atomic E-state index is 12.1. The number of nitrogens with one attached hydrogen (secondary N) is 2. The molecule has 0 unspecified atom stereocenters. The average Bonchev–Trinajstić information content (AvgIpc) is 2.89. The smallest absolute Gasteiger partial charge is 0.329 e. The van der Waals surface area contributed by atoms with E-state index >= 15 is 0 Å². The number of benzene rings is 1. The second-order valence-corrected chi connectivity index (χ2v) is 6.83. The summed E-state index contributed by atoms with van der Waals surface area (Å²) in [5, 5.41) is 11.1. The first kappa shape index (κ1) is 18.7. The minimum atomic E-state index is -0.982. The van der Waals surface area contributed by atoms with Crippen LogP contribution in [0.5, 0.6) is 5.75 Å². The van der Waals surface area contributed by atoms with Crippen molar-refractivity contribution in [1.29, 1.82) is 0 Å². The van der Waals surface area contributed by atoms with E-state index in [1.807, 2.05) is 0 Å². The highest BCUT2D eigenvalue weighted by atomic mass is 35.5. The van der Waals surface area contributed by atoms with Gasteiger partial charge in [0, 0.05) is 12.1 Å². The maximum Gasteiger partial charge on any atom is 0.329 e. The van der Waals surface area contributed by atoms with E-state index in [4.69, 9.17) is 40.2 Å². The lowest BCUT2D eigenvalue weighted by Gasteiger charge is -2.14. The Morgan fingerprint density at radius 2 is 2.04 bits per heavy atom. The van der Waals surface area contributed by atoms with Gasteiger partial charge in [-0.2, -0.15) is 0 Å². The fraction of sp³-hybridized carbons (Fsp3) is 0.267. The molecule has 3 aromatic rings. The number of aromatic amines is 2. The average molecular weight is 417 g/mol. The molecule has 11 heteroatoms. The number of hydrogen-bond acceptors (Lipinski definition) is 5. The van der Waals surface area contributed by atoms with Gasteiger partial charge in [0.1, 0.15) is 24.1 Å². The number of aliphatic hydroxyl groups is 1. The van der Waals surface area contributed by atoms with Crippen LogP contribution in [0.2, 0.25) is 10.0 Å². The highest BCUT2D eigenvalue weighted by molar-refractivity contribution is 7.71. The summed E-state index contributed by atoms with van der Waals surface area (Å²) in [5.74, 6) is 0.373. The summed E-state index contributed by atoms with van der Waals surface area (Å²) in [4.78, 5) is 28.8.